The zero-order valence-electron chi connectivity index (χ0n) is 11.8. The lowest BCUT2D eigenvalue weighted by molar-refractivity contribution is -0.117. The van der Waals surface area contributed by atoms with Gasteiger partial charge < -0.3 is 14.7 Å². The molecule has 1 aromatic carbocycles. The van der Waals surface area contributed by atoms with E-state index in [9.17, 15) is 4.79 Å². The van der Waals surface area contributed by atoms with Crippen LogP contribution in [-0.4, -0.2) is 15.9 Å². The molecule has 0 radical (unpaired) electrons. The van der Waals surface area contributed by atoms with Crippen molar-refractivity contribution in [2.45, 2.75) is 13.0 Å². The third-order valence-corrected chi connectivity index (χ3v) is 3.75. The van der Waals surface area contributed by atoms with Crippen molar-refractivity contribution in [2.75, 3.05) is 0 Å². The fraction of sp³-hybridized carbons (Fsp3) is 0.125. The molecule has 0 aliphatic heterocycles. The number of halogens is 1. The Balaban J connectivity index is 1.66. The van der Waals surface area contributed by atoms with E-state index in [4.69, 9.17) is 4.42 Å². The Morgan fingerprint density at radius 1 is 1.36 bits per heavy atom. The fourth-order valence-electron chi connectivity index (χ4n) is 2.08. The number of imidazole rings is 1. The number of carbonyl (C=O) groups excluding carboxylic acids is 1. The maximum absolute atomic E-state index is 11.9. The number of aromatic amines is 1. The monoisotopic (exact) mass is 407 g/mol. The molecule has 22 heavy (non-hydrogen) atoms. The molecule has 2 aromatic heterocycles. The molecule has 0 saturated carbocycles. The van der Waals surface area contributed by atoms with E-state index in [-0.39, 0.29) is 11.9 Å². The minimum Gasteiger partial charge on any atom is -0.451 e. The highest BCUT2D eigenvalue weighted by atomic mass is 127. The molecule has 6 heteroatoms. The highest BCUT2D eigenvalue weighted by Crippen LogP contribution is 2.15. The molecule has 3 aromatic rings. The summed E-state index contributed by atoms with van der Waals surface area (Å²) < 4.78 is 6.15. The number of benzene rings is 1. The van der Waals surface area contributed by atoms with E-state index in [0.717, 1.165) is 20.6 Å². The molecule has 0 aliphatic carbocycles. The third-order valence-electron chi connectivity index (χ3n) is 3.17. The second kappa shape index (κ2) is 6.35. The zero-order valence-corrected chi connectivity index (χ0v) is 14.0. The molecule has 5 nitrogen and oxygen atoms in total. The van der Waals surface area contributed by atoms with Gasteiger partial charge in [0.2, 0.25) is 5.91 Å². The fourth-order valence-corrected chi connectivity index (χ4v) is 2.52. The Morgan fingerprint density at radius 3 is 2.91 bits per heavy atom. The van der Waals surface area contributed by atoms with Crippen LogP contribution in [0.1, 0.15) is 24.6 Å². The van der Waals surface area contributed by atoms with Crippen molar-refractivity contribution in [1.82, 2.24) is 15.3 Å². The molecule has 0 fully saturated rings. The van der Waals surface area contributed by atoms with Crippen molar-refractivity contribution in [3.63, 3.8) is 0 Å². The number of aromatic nitrogens is 2. The number of amides is 1. The average molecular weight is 407 g/mol. The van der Waals surface area contributed by atoms with E-state index in [2.05, 4.69) is 37.9 Å². The van der Waals surface area contributed by atoms with Crippen molar-refractivity contribution in [3.8, 4) is 0 Å². The summed E-state index contributed by atoms with van der Waals surface area (Å²) in [6.45, 7) is 1.89. The first kappa shape index (κ1) is 14.8. The molecular weight excluding hydrogens is 393 g/mol. The summed E-state index contributed by atoms with van der Waals surface area (Å²) in [6, 6.07) is 11.2. The highest BCUT2D eigenvalue weighted by molar-refractivity contribution is 14.1. The van der Waals surface area contributed by atoms with Gasteiger partial charge >= 0.3 is 0 Å². The number of hydrogen-bond donors (Lipinski definition) is 2. The van der Waals surface area contributed by atoms with E-state index in [1.54, 1.807) is 6.08 Å². The predicted molar refractivity (Wildman–Crippen MR) is 93.1 cm³/mol. The van der Waals surface area contributed by atoms with Crippen LogP contribution in [-0.2, 0) is 4.79 Å². The van der Waals surface area contributed by atoms with E-state index in [0.29, 0.717) is 5.76 Å². The number of nitrogens with one attached hydrogen (secondary N) is 2. The number of furan rings is 1. The number of rotatable bonds is 4. The van der Waals surface area contributed by atoms with Crippen molar-refractivity contribution in [1.29, 1.82) is 0 Å². The van der Waals surface area contributed by atoms with Gasteiger partial charge in [0.1, 0.15) is 11.6 Å². The largest absolute Gasteiger partial charge is 0.451 e. The van der Waals surface area contributed by atoms with Gasteiger partial charge in [0.25, 0.3) is 0 Å². The third kappa shape index (κ3) is 3.38. The van der Waals surface area contributed by atoms with Crippen LogP contribution in [0.15, 0.2) is 46.9 Å². The molecule has 1 atom stereocenters. The van der Waals surface area contributed by atoms with Gasteiger partial charge in [0, 0.05) is 6.08 Å². The SMILES string of the molecule is CC(NC(=O)/C=C/c1ccc(I)o1)c1nc2ccccc2[nH]1. The number of H-pyrrole nitrogens is 1. The summed E-state index contributed by atoms with van der Waals surface area (Å²) in [5, 5.41) is 2.87. The normalized spacial score (nSPS) is 12.8. The van der Waals surface area contributed by atoms with Gasteiger partial charge in [-0.3, -0.25) is 4.79 Å². The van der Waals surface area contributed by atoms with Gasteiger partial charge in [-0.25, -0.2) is 4.98 Å². The number of hydrogen-bond acceptors (Lipinski definition) is 3. The lowest BCUT2D eigenvalue weighted by atomic mass is 10.3. The molecule has 2 heterocycles. The Kier molecular flexibility index (Phi) is 4.28. The number of nitrogens with zero attached hydrogens (tertiary/aromatic N) is 1. The van der Waals surface area contributed by atoms with Crippen LogP contribution < -0.4 is 5.32 Å². The van der Waals surface area contributed by atoms with Crippen LogP contribution >= 0.6 is 22.6 Å². The van der Waals surface area contributed by atoms with Crippen LogP contribution in [0, 0.1) is 3.77 Å². The smallest absolute Gasteiger partial charge is 0.244 e. The summed E-state index contributed by atoms with van der Waals surface area (Å²) in [4.78, 5) is 19.6. The Hall–Kier alpha value is -2.09. The summed E-state index contributed by atoms with van der Waals surface area (Å²) in [5.74, 6) is 1.19. The molecule has 112 valence electrons. The molecule has 2 N–H and O–H groups in total. The van der Waals surface area contributed by atoms with Crippen molar-refractivity contribution < 1.29 is 9.21 Å². The second-order valence-corrected chi connectivity index (χ2v) is 5.91. The molecule has 0 bridgehead atoms. The first-order valence-corrected chi connectivity index (χ1v) is 7.88. The van der Waals surface area contributed by atoms with E-state index in [1.807, 2.05) is 43.3 Å². The molecule has 3 rings (SSSR count). The van der Waals surface area contributed by atoms with Crippen LogP contribution in [0.2, 0.25) is 0 Å². The Bertz CT molecular complexity index is 802. The van der Waals surface area contributed by atoms with E-state index >= 15 is 0 Å². The minimum atomic E-state index is -0.207. The van der Waals surface area contributed by atoms with Gasteiger partial charge in [-0.05, 0) is 59.9 Å². The Labute approximate surface area is 141 Å². The molecule has 0 spiro atoms. The van der Waals surface area contributed by atoms with Crippen LogP contribution in [0.5, 0.6) is 0 Å². The van der Waals surface area contributed by atoms with Crippen molar-refractivity contribution in [2.24, 2.45) is 0 Å². The van der Waals surface area contributed by atoms with Crippen molar-refractivity contribution in [3.05, 3.63) is 57.8 Å². The quantitative estimate of drug-likeness (QED) is 0.513. The Morgan fingerprint density at radius 2 is 2.18 bits per heavy atom. The van der Waals surface area contributed by atoms with Crippen LogP contribution in [0.4, 0.5) is 0 Å². The topological polar surface area (TPSA) is 70.9 Å². The summed E-state index contributed by atoms with van der Waals surface area (Å²) in [6.07, 6.45) is 3.09. The van der Waals surface area contributed by atoms with Gasteiger partial charge in [-0.2, -0.15) is 0 Å². The summed E-state index contributed by atoms with van der Waals surface area (Å²) in [7, 11) is 0. The molecule has 1 amide bonds. The lowest BCUT2D eigenvalue weighted by Gasteiger charge is -2.08. The van der Waals surface area contributed by atoms with E-state index < -0.39 is 0 Å². The summed E-state index contributed by atoms with van der Waals surface area (Å²) >= 11 is 2.08. The molecule has 0 saturated heterocycles. The standard InChI is InChI=1S/C16H14IN3O2/c1-10(16-19-12-4-2-3-5-13(12)20-16)18-15(21)9-7-11-6-8-14(17)22-11/h2-10H,1H3,(H,18,21)(H,19,20)/b9-7+. The number of fused-ring (bicyclic) bond motifs is 1. The molecule has 1 unspecified atom stereocenters. The van der Waals surface area contributed by atoms with Crippen LogP contribution in [0.25, 0.3) is 17.1 Å². The van der Waals surface area contributed by atoms with E-state index in [1.165, 1.54) is 6.08 Å². The van der Waals surface area contributed by atoms with Crippen molar-refractivity contribution >= 4 is 45.6 Å². The lowest BCUT2D eigenvalue weighted by Crippen LogP contribution is -2.25. The van der Waals surface area contributed by atoms with Crippen LogP contribution in [0.3, 0.4) is 0 Å². The number of para-hydroxylation sites is 2. The van der Waals surface area contributed by atoms with Gasteiger partial charge in [-0.1, -0.05) is 12.1 Å². The number of carbonyl (C=O) groups is 1. The first-order chi connectivity index (χ1) is 10.6. The predicted octanol–water partition coefficient (Wildman–Crippen LogP) is 3.65. The highest BCUT2D eigenvalue weighted by Gasteiger charge is 2.12. The minimum absolute atomic E-state index is 0.195. The van der Waals surface area contributed by atoms with Gasteiger partial charge in [-0.15, -0.1) is 0 Å². The summed E-state index contributed by atoms with van der Waals surface area (Å²) in [5.41, 5.74) is 1.85. The maximum Gasteiger partial charge on any atom is 0.244 e. The zero-order chi connectivity index (χ0) is 15.5. The molecular formula is C16H14IN3O2. The second-order valence-electron chi connectivity index (χ2n) is 4.84. The van der Waals surface area contributed by atoms with Gasteiger partial charge in [0.15, 0.2) is 3.77 Å². The van der Waals surface area contributed by atoms with Gasteiger partial charge in [0.05, 0.1) is 17.1 Å². The maximum atomic E-state index is 11.9. The molecule has 0 aliphatic rings. The first-order valence-electron chi connectivity index (χ1n) is 6.80. The average Bonchev–Trinajstić information content (AvgIpc) is 3.11.